The lowest BCUT2D eigenvalue weighted by molar-refractivity contribution is -0.167. The van der Waals surface area contributed by atoms with Crippen molar-refractivity contribution in [3.63, 3.8) is 0 Å². The van der Waals surface area contributed by atoms with Crippen molar-refractivity contribution in [2.75, 3.05) is 13.2 Å². The highest BCUT2D eigenvalue weighted by Gasteiger charge is 2.19. The molecule has 0 spiro atoms. The maximum absolute atomic E-state index is 12.9. The molecule has 0 bridgehead atoms. The predicted octanol–water partition coefficient (Wildman–Crippen LogP) is 21.9. The molecule has 1 atom stereocenters. The summed E-state index contributed by atoms with van der Waals surface area (Å²) in [6.45, 7) is 6.35. The fraction of sp³-hybridized carbons (Fsp3) is 0.625. The van der Waals surface area contributed by atoms with Crippen LogP contribution in [0.5, 0.6) is 0 Å². The molecule has 0 fully saturated rings. The van der Waals surface area contributed by atoms with Crippen LogP contribution >= 0.6 is 0 Å². The monoisotopic (exact) mass is 1080 g/mol. The second-order valence-electron chi connectivity index (χ2n) is 20.6. The van der Waals surface area contributed by atoms with E-state index in [9.17, 15) is 14.4 Å². The van der Waals surface area contributed by atoms with Crippen LogP contribution in [0.2, 0.25) is 0 Å². The second-order valence-corrected chi connectivity index (χ2v) is 20.6. The number of esters is 3. The number of carbonyl (C=O) groups excluding carboxylic acids is 3. The Morgan fingerprint density at radius 1 is 0.269 bits per heavy atom. The van der Waals surface area contributed by atoms with Crippen LogP contribution in [0.15, 0.2) is 146 Å². The van der Waals surface area contributed by atoms with Gasteiger partial charge in [0.05, 0.1) is 0 Å². The summed E-state index contributed by atoms with van der Waals surface area (Å²) < 4.78 is 16.8. The van der Waals surface area contributed by atoms with Gasteiger partial charge in [0.2, 0.25) is 0 Å². The quantitative estimate of drug-likeness (QED) is 0.0261. The van der Waals surface area contributed by atoms with Crippen LogP contribution < -0.4 is 0 Å². The third-order valence-electron chi connectivity index (χ3n) is 13.1. The molecule has 6 nitrogen and oxygen atoms in total. The van der Waals surface area contributed by atoms with Gasteiger partial charge in [-0.3, -0.25) is 14.4 Å². The van der Waals surface area contributed by atoms with Gasteiger partial charge in [-0.1, -0.05) is 276 Å². The molecule has 0 saturated heterocycles. The first-order valence-electron chi connectivity index (χ1n) is 31.8. The normalized spacial score (nSPS) is 13.1. The van der Waals surface area contributed by atoms with Gasteiger partial charge >= 0.3 is 17.9 Å². The Labute approximate surface area is 480 Å². The first-order chi connectivity index (χ1) is 38.5. The van der Waals surface area contributed by atoms with Crippen molar-refractivity contribution < 1.29 is 28.6 Å². The second kappa shape index (κ2) is 64.8. The minimum atomic E-state index is -0.801. The highest BCUT2D eigenvalue weighted by Crippen LogP contribution is 2.15. The summed E-state index contributed by atoms with van der Waals surface area (Å²) in [5.74, 6) is -0.938. The Hall–Kier alpha value is -4.71. The lowest BCUT2D eigenvalue weighted by atomic mass is 10.0. The molecule has 0 heterocycles. The van der Waals surface area contributed by atoms with E-state index in [4.69, 9.17) is 14.2 Å². The zero-order valence-corrected chi connectivity index (χ0v) is 50.4. The Kier molecular flexibility index (Phi) is 60.9. The van der Waals surface area contributed by atoms with Crippen LogP contribution in [-0.2, 0) is 28.6 Å². The van der Waals surface area contributed by atoms with E-state index in [1.165, 1.54) is 89.9 Å². The largest absolute Gasteiger partial charge is 0.462 e. The van der Waals surface area contributed by atoms with Gasteiger partial charge in [0, 0.05) is 19.3 Å². The molecule has 1 unspecified atom stereocenters. The number of hydrogen-bond acceptors (Lipinski definition) is 6. The Morgan fingerprint density at radius 2 is 0.500 bits per heavy atom. The van der Waals surface area contributed by atoms with Crippen LogP contribution in [0.4, 0.5) is 0 Å². The van der Waals surface area contributed by atoms with E-state index in [1.54, 1.807) is 0 Å². The highest BCUT2D eigenvalue weighted by molar-refractivity contribution is 5.71. The summed E-state index contributed by atoms with van der Waals surface area (Å²) in [4.78, 5) is 38.1. The van der Waals surface area contributed by atoms with E-state index < -0.39 is 6.10 Å². The summed E-state index contributed by atoms with van der Waals surface area (Å²) >= 11 is 0. The summed E-state index contributed by atoms with van der Waals surface area (Å²) in [6.07, 6.45) is 92.9. The molecule has 0 aliphatic rings. The van der Waals surface area contributed by atoms with Gasteiger partial charge in [-0.2, -0.15) is 0 Å². The van der Waals surface area contributed by atoms with Crippen molar-refractivity contribution >= 4 is 17.9 Å². The average Bonchev–Trinajstić information content (AvgIpc) is 3.44. The molecule has 78 heavy (non-hydrogen) atoms. The van der Waals surface area contributed by atoms with Gasteiger partial charge in [0.25, 0.3) is 0 Å². The predicted molar refractivity (Wildman–Crippen MR) is 339 cm³/mol. The average molecular weight is 1080 g/mol. The van der Waals surface area contributed by atoms with Crippen LogP contribution in [0, 0.1) is 0 Å². The first kappa shape index (κ1) is 73.3. The molecule has 0 aliphatic heterocycles. The summed E-state index contributed by atoms with van der Waals surface area (Å²) in [5, 5.41) is 0. The molecule has 0 aromatic rings. The maximum Gasteiger partial charge on any atom is 0.306 e. The van der Waals surface area contributed by atoms with E-state index >= 15 is 0 Å². The van der Waals surface area contributed by atoms with Crippen molar-refractivity contribution in [2.45, 2.75) is 277 Å². The van der Waals surface area contributed by atoms with Crippen molar-refractivity contribution in [3.8, 4) is 0 Å². The molecule has 6 heteroatoms. The van der Waals surface area contributed by atoms with E-state index in [0.717, 1.165) is 141 Å². The number of hydrogen-bond donors (Lipinski definition) is 0. The Morgan fingerprint density at radius 3 is 0.795 bits per heavy atom. The molecule has 0 radical (unpaired) electrons. The summed E-state index contributed by atoms with van der Waals surface area (Å²) in [6, 6.07) is 0. The van der Waals surface area contributed by atoms with Crippen LogP contribution in [0.3, 0.4) is 0 Å². The number of carbonyl (C=O) groups is 3. The molecule has 0 aliphatic carbocycles. The van der Waals surface area contributed by atoms with Crippen LogP contribution in [-0.4, -0.2) is 37.2 Å². The highest BCUT2D eigenvalue weighted by atomic mass is 16.6. The summed E-state index contributed by atoms with van der Waals surface area (Å²) in [5.41, 5.74) is 0. The number of rotatable bonds is 56. The molecule has 440 valence electrons. The van der Waals surface area contributed by atoms with Crippen LogP contribution in [0.25, 0.3) is 0 Å². The standard InChI is InChI=1S/C72H116O6/c1-4-7-10-13-16-19-21-23-25-27-29-31-33-35-36-38-39-41-43-45-47-49-51-53-56-59-62-65-71(74)77-68-69(67-76-70(73)64-61-58-55-18-15-12-9-6-3)78-72(75)66-63-60-57-54-52-50-48-46-44-42-40-37-34-32-30-28-26-24-22-20-17-14-11-8-5-2/h7-8,10-11,16-17,19-20,23-26,29-32,35-37,40,44,46,50,52,69H,4-6,9,12-15,18,21-22,27-28,33-34,38-39,41-43,45,47-49,51,53-68H2,1-3H3/b10-7-,11-8-,19-16-,20-17-,25-23-,26-24-,31-29-,32-30-,36-35-,40-37-,46-44-,52-50-. The first-order valence-corrected chi connectivity index (χ1v) is 31.8. The minimum absolute atomic E-state index is 0.0957. The topological polar surface area (TPSA) is 78.9 Å². The molecular formula is C72H116O6. The van der Waals surface area contributed by atoms with Gasteiger partial charge in [0.15, 0.2) is 6.10 Å². The number of allylic oxidation sites excluding steroid dienone is 24. The maximum atomic E-state index is 12.9. The van der Waals surface area contributed by atoms with Gasteiger partial charge in [-0.25, -0.2) is 0 Å². The molecule has 0 amide bonds. The van der Waals surface area contributed by atoms with E-state index in [0.29, 0.717) is 12.8 Å². The van der Waals surface area contributed by atoms with E-state index in [-0.39, 0.29) is 37.5 Å². The van der Waals surface area contributed by atoms with Gasteiger partial charge < -0.3 is 14.2 Å². The fourth-order valence-corrected chi connectivity index (χ4v) is 8.39. The zero-order valence-electron chi connectivity index (χ0n) is 50.4. The Bertz CT molecular complexity index is 1710. The van der Waals surface area contributed by atoms with Gasteiger partial charge in [-0.05, 0) is 122 Å². The van der Waals surface area contributed by atoms with Crippen molar-refractivity contribution in [2.24, 2.45) is 0 Å². The molecule has 0 saturated carbocycles. The van der Waals surface area contributed by atoms with Crippen molar-refractivity contribution in [1.82, 2.24) is 0 Å². The summed E-state index contributed by atoms with van der Waals surface area (Å²) in [7, 11) is 0. The van der Waals surface area contributed by atoms with E-state index in [1.807, 2.05) is 0 Å². The van der Waals surface area contributed by atoms with Crippen LogP contribution in [0.1, 0.15) is 271 Å². The number of ether oxygens (including phenoxy) is 3. The molecular weight excluding hydrogens is 961 g/mol. The van der Waals surface area contributed by atoms with Crippen molar-refractivity contribution in [1.29, 1.82) is 0 Å². The lowest BCUT2D eigenvalue weighted by Gasteiger charge is -2.18. The third kappa shape index (κ3) is 62.1. The van der Waals surface area contributed by atoms with Gasteiger partial charge in [-0.15, -0.1) is 0 Å². The molecule has 0 N–H and O–H groups in total. The van der Waals surface area contributed by atoms with E-state index in [2.05, 4.69) is 167 Å². The lowest BCUT2D eigenvalue weighted by Crippen LogP contribution is -2.30. The Balaban J connectivity index is 4.28. The molecule has 0 rings (SSSR count). The number of unbranched alkanes of at least 4 members (excludes halogenated alkanes) is 21. The van der Waals surface area contributed by atoms with Crippen molar-refractivity contribution in [3.05, 3.63) is 146 Å². The minimum Gasteiger partial charge on any atom is -0.462 e. The smallest absolute Gasteiger partial charge is 0.306 e. The molecule has 0 aromatic carbocycles. The molecule has 0 aromatic heterocycles. The fourth-order valence-electron chi connectivity index (χ4n) is 8.39. The SMILES string of the molecule is CC/C=C\C/C=C\C/C=C\C/C=C\C/C=C\C/C=C\C/C=C\CCCCCC(=O)OC(COC(=O)CCCCCCCCCC)COC(=O)CCCCCCCCCCCCC/C=C\C/C=C\C/C=C\C/C=C\C/C=C\CC. The third-order valence-corrected chi connectivity index (χ3v) is 13.1. The zero-order chi connectivity index (χ0) is 56.4. The van der Waals surface area contributed by atoms with Gasteiger partial charge in [0.1, 0.15) is 13.2 Å².